The summed E-state index contributed by atoms with van der Waals surface area (Å²) in [6.07, 6.45) is 9.63. The van der Waals surface area contributed by atoms with E-state index >= 15 is 8.78 Å². The number of hydrogen-bond donors (Lipinski definition) is 0. The molecule has 3 aliphatic carbocycles. The van der Waals surface area contributed by atoms with Gasteiger partial charge in [-0.1, -0.05) is 25.8 Å². The fourth-order valence-corrected chi connectivity index (χ4v) is 6.14. The molecule has 1 aromatic carbocycles. The van der Waals surface area contributed by atoms with Crippen LogP contribution in [0.3, 0.4) is 0 Å². The molecule has 0 spiro atoms. The first-order valence-corrected chi connectivity index (χ1v) is 10.5. The largest absolute Gasteiger partial charge is 0.279 e. The first kappa shape index (κ1) is 18.4. The highest BCUT2D eigenvalue weighted by Gasteiger charge is 2.53. The van der Waals surface area contributed by atoms with E-state index in [-0.39, 0.29) is 11.5 Å². The van der Waals surface area contributed by atoms with Crippen molar-refractivity contribution in [3.8, 4) is 0 Å². The van der Waals surface area contributed by atoms with E-state index in [9.17, 15) is 4.39 Å². The van der Waals surface area contributed by atoms with Gasteiger partial charge in [0.15, 0.2) is 0 Å². The van der Waals surface area contributed by atoms with Crippen molar-refractivity contribution in [3.05, 3.63) is 34.6 Å². The van der Waals surface area contributed by atoms with Gasteiger partial charge in [0.25, 0.3) is 5.92 Å². The van der Waals surface area contributed by atoms with Crippen LogP contribution in [0.25, 0.3) is 0 Å². The molecular weight excluding hydrogens is 333 g/mol. The van der Waals surface area contributed by atoms with Crippen molar-refractivity contribution in [3.63, 3.8) is 0 Å². The van der Waals surface area contributed by atoms with Gasteiger partial charge in [0, 0.05) is 5.92 Å². The second-order valence-corrected chi connectivity index (χ2v) is 9.41. The average Bonchev–Trinajstić information content (AvgIpc) is 2.86. The maximum Gasteiger partial charge on any atom is 0.279 e. The Hall–Kier alpha value is -0.990. The van der Waals surface area contributed by atoms with Gasteiger partial charge in [-0.05, 0) is 92.7 Å². The van der Waals surface area contributed by atoms with Crippen LogP contribution in [-0.4, -0.2) is 0 Å². The van der Waals surface area contributed by atoms with Gasteiger partial charge in [-0.15, -0.1) is 0 Å². The number of hydrogen-bond acceptors (Lipinski definition) is 0. The van der Waals surface area contributed by atoms with Gasteiger partial charge in [0.05, 0.1) is 5.56 Å². The predicted molar refractivity (Wildman–Crippen MR) is 98.8 cm³/mol. The summed E-state index contributed by atoms with van der Waals surface area (Å²) in [5, 5.41) is 0. The number of fused-ring (bicyclic) bond motifs is 1. The molecule has 3 aliphatic rings. The second kappa shape index (κ2) is 6.87. The third-order valence-electron chi connectivity index (χ3n) is 7.67. The van der Waals surface area contributed by atoms with E-state index in [4.69, 9.17) is 0 Å². The Labute approximate surface area is 155 Å². The molecule has 0 aliphatic heterocycles. The molecule has 0 heterocycles. The van der Waals surface area contributed by atoms with Gasteiger partial charge in [-0.25, -0.2) is 13.2 Å². The van der Waals surface area contributed by atoms with Crippen molar-refractivity contribution in [1.82, 2.24) is 0 Å². The Balaban J connectivity index is 1.43. The van der Waals surface area contributed by atoms with Crippen LogP contribution in [0.15, 0.2) is 12.1 Å². The van der Waals surface area contributed by atoms with Crippen LogP contribution >= 0.6 is 0 Å². The van der Waals surface area contributed by atoms with E-state index in [0.29, 0.717) is 12.0 Å². The molecule has 1 unspecified atom stereocenters. The van der Waals surface area contributed by atoms with Gasteiger partial charge in [0.2, 0.25) is 0 Å². The Morgan fingerprint density at radius 2 is 1.38 bits per heavy atom. The van der Waals surface area contributed by atoms with Gasteiger partial charge in [-0.3, -0.25) is 0 Å². The minimum absolute atomic E-state index is 0.0378. The van der Waals surface area contributed by atoms with Crippen LogP contribution in [0.2, 0.25) is 0 Å². The van der Waals surface area contributed by atoms with E-state index in [1.54, 1.807) is 13.0 Å². The maximum atomic E-state index is 15.0. The summed E-state index contributed by atoms with van der Waals surface area (Å²) in [5.74, 6) is -1.99. The van der Waals surface area contributed by atoms with Crippen LogP contribution in [-0.2, 0) is 12.3 Å². The fourth-order valence-electron chi connectivity index (χ4n) is 6.14. The van der Waals surface area contributed by atoms with Crippen LogP contribution < -0.4 is 0 Å². The maximum absolute atomic E-state index is 15.0. The monoisotopic (exact) mass is 364 g/mol. The molecule has 0 aromatic heterocycles. The number of benzene rings is 1. The normalized spacial score (nSPS) is 36.7. The molecule has 0 nitrogen and oxygen atoms in total. The lowest BCUT2D eigenvalue weighted by atomic mass is 9.67. The molecule has 2 saturated carbocycles. The highest BCUT2D eigenvalue weighted by molar-refractivity contribution is 5.41. The third-order valence-corrected chi connectivity index (χ3v) is 7.67. The van der Waals surface area contributed by atoms with Gasteiger partial charge >= 0.3 is 0 Å². The van der Waals surface area contributed by atoms with E-state index in [2.05, 4.69) is 6.92 Å². The number of halogens is 3. The Bertz CT molecular complexity index is 650. The second-order valence-electron chi connectivity index (χ2n) is 9.41. The number of rotatable bonds is 2. The first-order chi connectivity index (χ1) is 12.4. The van der Waals surface area contributed by atoms with Crippen molar-refractivity contribution >= 4 is 0 Å². The van der Waals surface area contributed by atoms with E-state index in [1.807, 2.05) is 0 Å². The Kier molecular flexibility index (Phi) is 4.86. The molecule has 0 radical (unpaired) electrons. The van der Waals surface area contributed by atoms with Crippen molar-refractivity contribution in [1.29, 1.82) is 0 Å². The van der Waals surface area contributed by atoms with Crippen LogP contribution in [0.1, 0.15) is 75.0 Å². The highest BCUT2D eigenvalue weighted by Crippen LogP contribution is 2.54. The molecule has 1 atom stereocenters. The lowest BCUT2D eigenvalue weighted by Gasteiger charge is -2.39. The zero-order chi connectivity index (χ0) is 18.5. The summed E-state index contributed by atoms with van der Waals surface area (Å²) in [5.41, 5.74) is 0.977. The Morgan fingerprint density at radius 3 is 2.00 bits per heavy atom. The standard InChI is InChI=1S/C23H31F3/c1-14-3-5-16(6-4-14)17-7-9-18(10-8-17)20-13-19-11-15(2)12-21(24)22(19)23(20,25)26/h11-12,14,16-18,20H,3-10,13H2,1-2H3. The molecule has 0 bridgehead atoms. The predicted octanol–water partition coefficient (Wildman–Crippen LogP) is 7.03. The lowest BCUT2D eigenvalue weighted by molar-refractivity contribution is -0.0853. The number of alkyl halides is 2. The van der Waals surface area contributed by atoms with Gasteiger partial charge in [-0.2, -0.15) is 0 Å². The van der Waals surface area contributed by atoms with Crippen molar-refractivity contribution in [2.75, 3.05) is 0 Å². The van der Waals surface area contributed by atoms with Gasteiger partial charge < -0.3 is 0 Å². The fraction of sp³-hybridized carbons (Fsp3) is 0.739. The Morgan fingerprint density at radius 1 is 0.846 bits per heavy atom. The van der Waals surface area contributed by atoms with Crippen molar-refractivity contribution in [2.45, 2.75) is 77.6 Å². The molecule has 144 valence electrons. The van der Waals surface area contributed by atoms with Crippen LogP contribution in [0.4, 0.5) is 13.2 Å². The van der Waals surface area contributed by atoms with Crippen molar-refractivity contribution in [2.24, 2.45) is 29.6 Å². The molecule has 1 aromatic rings. The zero-order valence-electron chi connectivity index (χ0n) is 16.0. The van der Waals surface area contributed by atoms with E-state index < -0.39 is 17.7 Å². The summed E-state index contributed by atoms with van der Waals surface area (Å²) >= 11 is 0. The number of aryl methyl sites for hydroxylation is 1. The smallest absolute Gasteiger partial charge is 0.206 e. The average molecular weight is 364 g/mol. The summed E-state index contributed by atoms with van der Waals surface area (Å²) in [6, 6.07) is 3.03. The SMILES string of the molecule is Cc1cc(F)c2c(c1)CC(C1CCC(C3CCC(C)CC3)CC1)C2(F)F. The zero-order valence-corrected chi connectivity index (χ0v) is 16.0. The molecule has 26 heavy (non-hydrogen) atoms. The minimum atomic E-state index is -3.01. The quantitative estimate of drug-likeness (QED) is 0.528. The summed E-state index contributed by atoms with van der Waals surface area (Å²) in [6.45, 7) is 4.12. The van der Waals surface area contributed by atoms with Gasteiger partial charge in [0.1, 0.15) is 5.82 Å². The molecule has 3 heteroatoms. The first-order valence-electron chi connectivity index (χ1n) is 10.5. The molecule has 0 saturated heterocycles. The summed E-state index contributed by atoms with van der Waals surface area (Å²) < 4.78 is 44.3. The minimum Gasteiger partial charge on any atom is -0.206 e. The lowest BCUT2D eigenvalue weighted by Crippen LogP contribution is -2.33. The van der Waals surface area contributed by atoms with E-state index in [1.165, 1.54) is 31.7 Å². The van der Waals surface area contributed by atoms with E-state index in [0.717, 1.165) is 49.0 Å². The highest BCUT2D eigenvalue weighted by atomic mass is 19.3. The molecule has 0 amide bonds. The summed E-state index contributed by atoms with van der Waals surface area (Å²) in [7, 11) is 0. The molecule has 4 rings (SSSR count). The molecule has 0 N–H and O–H groups in total. The van der Waals surface area contributed by atoms with Crippen LogP contribution in [0, 0.1) is 42.3 Å². The summed E-state index contributed by atoms with van der Waals surface area (Å²) in [4.78, 5) is 0. The van der Waals surface area contributed by atoms with Crippen molar-refractivity contribution < 1.29 is 13.2 Å². The topological polar surface area (TPSA) is 0 Å². The third kappa shape index (κ3) is 3.20. The molecule has 2 fully saturated rings. The molecular formula is C23H31F3. The van der Waals surface area contributed by atoms with Crippen LogP contribution in [0.5, 0.6) is 0 Å².